The van der Waals surface area contributed by atoms with Crippen molar-refractivity contribution in [3.05, 3.63) is 187 Å². The number of rotatable bonds is 5. The monoisotopic (exact) mass is 745 g/mol. The number of nitrogens with zero attached hydrogens (tertiary/aromatic N) is 1. The van der Waals surface area contributed by atoms with Crippen LogP contribution in [-0.2, 0) is 5.41 Å². The predicted octanol–water partition coefficient (Wildman–Crippen LogP) is 15.3. The summed E-state index contributed by atoms with van der Waals surface area (Å²) >= 11 is 0. The van der Waals surface area contributed by atoms with E-state index >= 15 is 0 Å². The van der Waals surface area contributed by atoms with Gasteiger partial charge in [0.15, 0.2) is 0 Å². The first-order valence-electron chi connectivity index (χ1n) is 21.3. The van der Waals surface area contributed by atoms with Crippen LogP contribution >= 0.6 is 0 Å². The standard InChI is InChI=1S/C56H43NO/c1-2-9-37(10-3-1)40-19-25-52-50(32-40)51-33-44(23-26-53(51)56(52)41-28-35-27-36(30-41)31-42(56)29-35)57(45-22-24-49-48-14-6-7-16-54(48)58-55(49)34-45)43-20-17-39(18-21-43)47-15-8-12-38-11-4-5-13-46(38)47/h1-26,32-36,41-42H,27-31H2. The van der Waals surface area contributed by atoms with Gasteiger partial charge in [0.1, 0.15) is 11.2 Å². The number of furan rings is 1. The van der Waals surface area contributed by atoms with Crippen molar-refractivity contribution in [1.82, 2.24) is 0 Å². The van der Waals surface area contributed by atoms with E-state index in [-0.39, 0.29) is 5.41 Å². The zero-order valence-corrected chi connectivity index (χ0v) is 32.4. The van der Waals surface area contributed by atoms with Gasteiger partial charge in [-0.3, -0.25) is 0 Å². The average Bonchev–Trinajstić information content (AvgIpc) is 3.78. The van der Waals surface area contributed by atoms with E-state index in [2.05, 4.69) is 181 Å². The number of hydrogen-bond acceptors (Lipinski definition) is 2. The molecule has 14 rings (SSSR count). The van der Waals surface area contributed by atoms with Crippen LogP contribution < -0.4 is 4.90 Å². The van der Waals surface area contributed by atoms with Gasteiger partial charge in [-0.1, -0.05) is 121 Å². The predicted molar refractivity (Wildman–Crippen MR) is 240 cm³/mol. The van der Waals surface area contributed by atoms with Gasteiger partial charge in [-0.25, -0.2) is 0 Å². The molecule has 5 aliphatic carbocycles. The molecule has 0 aliphatic heterocycles. The molecule has 0 atom stereocenters. The van der Waals surface area contributed by atoms with Crippen molar-refractivity contribution >= 4 is 49.8 Å². The number of hydrogen-bond donors (Lipinski definition) is 0. The second-order valence-electron chi connectivity index (χ2n) is 17.7. The molecule has 4 fully saturated rings. The Kier molecular flexibility index (Phi) is 6.94. The zero-order valence-electron chi connectivity index (χ0n) is 32.4. The maximum atomic E-state index is 6.51. The van der Waals surface area contributed by atoms with E-state index in [0.717, 1.165) is 45.1 Å². The smallest absolute Gasteiger partial charge is 0.137 e. The fraction of sp³-hybridized carbons (Fsp3) is 0.179. The molecular weight excluding hydrogens is 703 g/mol. The Morgan fingerprint density at radius 2 is 1.00 bits per heavy atom. The molecule has 8 aromatic carbocycles. The van der Waals surface area contributed by atoms with Gasteiger partial charge in [-0.15, -0.1) is 0 Å². The van der Waals surface area contributed by atoms with Crippen LogP contribution in [0.25, 0.3) is 66.1 Å². The molecule has 0 amide bonds. The fourth-order valence-corrected chi connectivity index (χ4v) is 12.7. The second kappa shape index (κ2) is 12.3. The fourth-order valence-electron chi connectivity index (χ4n) is 12.7. The molecule has 0 saturated heterocycles. The van der Waals surface area contributed by atoms with E-state index in [1.807, 2.05) is 0 Å². The minimum absolute atomic E-state index is 0.101. The van der Waals surface area contributed by atoms with Gasteiger partial charge in [0.25, 0.3) is 0 Å². The third kappa shape index (κ3) is 4.66. The lowest BCUT2D eigenvalue weighted by Crippen LogP contribution is -2.55. The third-order valence-corrected chi connectivity index (χ3v) is 14.8. The average molecular weight is 746 g/mol. The topological polar surface area (TPSA) is 16.4 Å². The van der Waals surface area contributed by atoms with Crippen LogP contribution in [0, 0.1) is 23.7 Å². The first-order chi connectivity index (χ1) is 28.7. The molecule has 1 aromatic heterocycles. The lowest BCUT2D eigenvalue weighted by Gasteiger charge is -2.61. The Bertz CT molecular complexity index is 3050. The van der Waals surface area contributed by atoms with Crippen molar-refractivity contribution in [3.8, 4) is 33.4 Å². The highest BCUT2D eigenvalue weighted by molar-refractivity contribution is 6.06. The van der Waals surface area contributed by atoms with Crippen LogP contribution in [0.3, 0.4) is 0 Å². The Labute approximate surface area is 339 Å². The molecule has 4 bridgehead atoms. The van der Waals surface area contributed by atoms with Crippen molar-refractivity contribution in [2.75, 3.05) is 4.90 Å². The van der Waals surface area contributed by atoms with Gasteiger partial charge in [-0.05, 0) is 160 Å². The van der Waals surface area contributed by atoms with Gasteiger partial charge in [0.05, 0.1) is 0 Å². The van der Waals surface area contributed by atoms with Crippen LogP contribution in [0.5, 0.6) is 0 Å². The summed E-state index contributed by atoms with van der Waals surface area (Å²) in [4.78, 5) is 2.45. The summed E-state index contributed by atoms with van der Waals surface area (Å²) in [6.07, 6.45) is 6.96. The van der Waals surface area contributed by atoms with Crippen LogP contribution in [0.1, 0.15) is 43.2 Å². The number of benzene rings is 8. The Morgan fingerprint density at radius 3 is 1.81 bits per heavy atom. The minimum atomic E-state index is 0.101. The van der Waals surface area contributed by atoms with E-state index in [1.54, 1.807) is 11.1 Å². The van der Waals surface area contributed by atoms with E-state index in [0.29, 0.717) is 11.8 Å². The van der Waals surface area contributed by atoms with Gasteiger partial charge < -0.3 is 9.32 Å². The molecule has 58 heavy (non-hydrogen) atoms. The molecular formula is C56H43NO. The molecule has 278 valence electrons. The van der Waals surface area contributed by atoms with Gasteiger partial charge in [0, 0.05) is 39.3 Å². The lowest BCUT2D eigenvalue weighted by molar-refractivity contribution is -0.0399. The van der Waals surface area contributed by atoms with Gasteiger partial charge in [-0.2, -0.15) is 0 Å². The van der Waals surface area contributed by atoms with E-state index in [4.69, 9.17) is 4.42 Å². The summed E-state index contributed by atoms with van der Waals surface area (Å²) in [7, 11) is 0. The molecule has 0 N–H and O–H groups in total. The van der Waals surface area contributed by atoms with Gasteiger partial charge in [0.2, 0.25) is 0 Å². The minimum Gasteiger partial charge on any atom is -0.456 e. The van der Waals surface area contributed by atoms with Crippen LogP contribution in [-0.4, -0.2) is 0 Å². The largest absolute Gasteiger partial charge is 0.456 e. The van der Waals surface area contributed by atoms with Crippen molar-refractivity contribution in [3.63, 3.8) is 0 Å². The first-order valence-corrected chi connectivity index (χ1v) is 21.3. The molecule has 0 radical (unpaired) electrons. The van der Waals surface area contributed by atoms with Crippen LogP contribution in [0.2, 0.25) is 0 Å². The summed E-state index contributed by atoms with van der Waals surface area (Å²) in [5, 5.41) is 4.83. The molecule has 1 spiro atoms. The van der Waals surface area contributed by atoms with Crippen molar-refractivity contribution in [1.29, 1.82) is 0 Å². The van der Waals surface area contributed by atoms with Crippen LogP contribution in [0.4, 0.5) is 17.1 Å². The maximum absolute atomic E-state index is 6.51. The Morgan fingerprint density at radius 1 is 0.397 bits per heavy atom. The Hall–Kier alpha value is -6.38. The van der Waals surface area contributed by atoms with Crippen molar-refractivity contribution in [2.45, 2.75) is 37.5 Å². The van der Waals surface area contributed by atoms with Crippen molar-refractivity contribution < 1.29 is 4.42 Å². The quantitative estimate of drug-likeness (QED) is 0.174. The molecule has 5 aliphatic rings. The summed E-state index contributed by atoms with van der Waals surface area (Å²) in [5.41, 5.74) is 16.4. The molecule has 1 heterocycles. The number of para-hydroxylation sites is 1. The highest BCUT2D eigenvalue weighted by atomic mass is 16.3. The van der Waals surface area contributed by atoms with Gasteiger partial charge >= 0.3 is 0 Å². The third-order valence-electron chi connectivity index (χ3n) is 14.8. The summed E-state index contributed by atoms with van der Waals surface area (Å²) < 4.78 is 6.51. The lowest BCUT2D eigenvalue weighted by atomic mass is 9.43. The molecule has 4 saturated carbocycles. The molecule has 9 aromatic rings. The molecule has 0 unspecified atom stereocenters. The van der Waals surface area contributed by atoms with Crippen molar-refractivity contribution in [2.24, 2.45) is 23.7 Å². The molecule has 2 heteroatoms. The normalized spacial score (nSPS) is 22.6. The first kappa shape index (κ1) is 32.7. The molecule has 2 nitrogen and oxygen atoms in total. The van der Waals surface area contributed by atoms with E-state index < -0.39 is 0 Å². The summed E-state index contributed by atoms with van der Waals surface area (Å²) in [6.45, 7) is 0. The second-order valence-corrected chi connectivity index (χ2v) is 17.7. The van der Waals surface area contributed by atoms with E-state index in [9.17, 15) is 0 Å². The SMILES string of the molecule is c1ccc(-c2ccc3c(c2)-c2cc(N(c4ccc(-c5cccc6ccccc56)cc4)c4ccc5c(c4)oc4ccccc45)ccc2C32C3CC4CC(C3)CC2C4)cc1. The summed E-state index contributed by atoms with van der Waals surface area (Å²) in [5.74, 6) is 3.24. The Balaban J connectivity index is 1.01. The van der Waals surface area contributed by atoms with Crippen LogP contribution in [0.15, 0.2) is 180 Å². The highest BCUT2D eigenvalue weighted by Crippen LogP contribution is 2.69. The van der Waals surface area contributed by atoms with E-state index in [1.165, 1.54) is 81.9 Å². The highest BCUT2D eigenvalue weighted by Gasteiger charge is 2.61. The number of fused-ring (bicyclic) bond motifs is 7. The number of anilines is 3. The zero-order chi connectivity index (χ0) is 38.0. The maximum Gasteiger partial charge on any atom is 0.137 e. The summed E-state index contributed by atoms with van der Waals surface area (Å²) in [6, 6.07) is 65.6.